The fourth-order valence-electron chi connectivity index (χ4n) is 2.51. The number of thiophene rings is 1. The molecule has 0 bridgehead atoms. The van der Waals surface area contributed by atoms with Gasteiger partial charge in [-0.15, -0.1) is 11.3 Å². The third kappa shape index (κ3) is 3.50. The number of hydrogen-bond acceptors (Lipinski definition) is 2. The van der Waals surface area contributed by atoms with Gasteiger partial charge in [0.2, 0.25) is 0 Å². The zero-order chi connectivity index (χ0) is 15.6. The molecule has 21 heavy (non-hydrogen) atoms. The SMILES string of the molecule is CCCNC(c1cc(C)c(F)cc1F)c1cc(C)sc1C. The van der Waals surface area contributed by atoms with E-state index in [0.717, 1.165) is 24.6 Å². The summed E-state index contributed by atoms with van der Waals surface area (Å²) in [7, 11) is 0. The maximum atomic E-state index is 14.3. The van der Waals surface area contributed by atoms with Gasteiger partial charge in [-0.3, -0.25) is 0 Å². The van der Waals surface area contributed by atoms with Crippen molar-refractivity contribution in [1.29, 1.82) is 0 Å². The standard InChI is InChI=1S/C17H21F2NS/c1-5-6-20-17(13-8-11(3)21-12(13)4)14-7-10(2)15(18)9-16(14)19/h7-9,17,20H,5-6H2,1-4H3. The summed E-state index contributed by atoms with van der Waals surface area (Å²) in [6, 6.07) is 4.46. The monoisotopic (exact) mass is 309 g/mol. The maximum absolute atomic E-state index is 14.3. The van der Waals surface area contributed by atoms with Crippen molar-refractivity contribution in [2.24, 2.45) is 0 Å². The van der Waals surface area contributed by atoms with E-state index >= 15 is 0 Å². The van der Waals surface area contributed by atoms with Crippen LogP contribution < -0.4 is 5.32 Å². The van der Waals surface area contributed by atoms with Crippen LogP contribution in [0, 0.1) is 32.4 Å². The van der Waals surface area contributed by atoms with Crippen LogP contribution in [-0.4, -0.2) is 6.54 Å². The lowest BCUT2D eigenvalue weighted by Gasteiger charge is -2.20. The largest absolute Gasteiger partial charge is 0.306 e. The van der Waals surface area contributed by atoms with Gasteiger partial charge in [0.15, 0.2) is 0 Å². The molecular weight excluding hydrogens is 288 g/mol. The average molecular weight is 309 g/mol. The van der Waals surface area contributed by atoms with Crippen LogP contribution >= 0.6 is 11.3 Å². The van der Waals surface area contributed by atoms with Crippen LogP contribution in [0.4, 0.5) is 8.78 Å². The molecule has 0 fully saturated rings. The van der Waals surface area contributed by atoms with Gasteiger partial charge in [-0.25, -0.2) is 8.78 Å². The molecule has 2 rings (SSSR count). The minimum atomic E-state index is -0.497. The number of nitrogens with one attached hydrogen (secondary N) is 1. The van der Waals surface area contributed by atoms with Gasteiger partial charge in [-0.2, -0.15) is 0 Å². The van der Waals surface area contributed by atoms with Gasteiger partial charge in [0.05, 0.1) is 6.04 Å². The first kappa shape index (κ1) is 16.1. The quantitative estimate of drug-likeness (QED) is 0.816. The molecule has 0 aliphatic rings. The molecule has 1 aromatic heterocycles. The van der Waals surface area contributed by atoms with Crippen LogP contribution in [0.2, 0.25) is 0 Å². The molecule has 2 aromatic rings. The van der Waals surface area contributed by atoms with Crippen molar-refractivity contribution in [3.8, 4) is 0 Å². The molecule has 1 nitrogen and oxygen atoms in total. The van der Waals surface area contributed by atoms with Crippen molar-refractivity contribution in [2.75, 3.05) is 6.54 Å². The number of halogens is 2. The first-order chi connectivity index (χ1) is 9.93. The van der Waals surface area contributed by atoms with Crippen LogP contribution in [0.3, 0.4) is 0 Å². The summed E-state index contributed by atoms with van der Waals surface area (Å²) < 4.78 is 27.8. The molecule has 1 unspecified atom stereocenters. The first-order valence-corrected chi connectivity index (χ1v) is 8.01. The molecule has 0 radical (unpaired) electrons. The zero-order valence-corrected chi connectivity index (χ0v) is 13.7. The van der Waals surface area contributed by atoms with Crippen molar-refractivity contribution in [3.63, 3.8) is 0 Å². The predicted octanol–water partition coefficient (Wildman–Crippen LogP) is 5.04. The Morgan fingerprint density at radius 1 is 1.05 bits per heavy atom. The van der Waals surface area contributed by atoms with E-state index in [4.69, 9.17) is 0 Å². The molecule has 0 spiro atoms. The molecule has 0 aliphatic carbocycles. The summed E-state index contributed by atoms with van der Waals surface area (Å²) >= 11 is 1.70. The Labute approximate surface area is 129 Å². The van der Waals surface area contributed by atoms with Crippen molar-refractivity contribution < 1.29 is 8.78 Å². The van der Waals surface area contributed by atoms with Gasteiger partial charge >= 0.3 is 0 Å². The van der Waals surface area contributed by atoms with Crippen molar-refractivity contribution in [3.05, 3.63) is 56.3 Å². The second-order valence-corrected chi connectivity index (χ2v) is 6.84. The topological polar surface area (TPSA) is 12.0 Å². The van der Waals surface area contributed by atoms with Crippen molar-refractivity contribution in [1.82, 2.24) is 5.32 Å². The molecule has 1 aromatic carbocycles. The van der Waals surface area contributed by atoms with E-state index < -0.39 is 11.6 Å². The summed E-state index contributed by atoms with van der Waals surface area (Å²) in [4.78, 5) is 2.37. The van der Waals surface area contributed by atoms with Crippen LogP contribution in [0.15, 0.2) is 18.2 Å². The summed E-state index contributed by atoms with van der Waals surface area (Å²) in [5.74, 6) is -0.987. The lowest BCUT2D eigenvalue weighted by Crippen LogP contribution is -2.24. The lowest BCUT2D eigenvalue weighted by molar-refractivity contribution is 0.530. The molecule has 0 aliphatic heterocycles. The van der Waals surface area contributed by atoms with E-state index in [1.54, 1.807) is 24.3 Å². The number of rotatable bonds is 5. The Bertz CT molecular complexity index is 634. The fourth-order valence-corrected chi connectivity index (χ4v) is 3.48. The number of aryl methyl sites for hydroxylation is 3. The lowest BCUT2D eigenvalue weighted by atomic mass is 9.96. The van der Waals surface area contributed by atoms with E-state index in [9.17, 15) is 8.78 Å². The van der Waals surface area contributed by atoms with E-state index in [1.165, 1.54) is 9.75 Å². The van der Waals surface area contributed by atoms with Crippen LogP contribution in [0.5, 0.6) is 0 Å². The summed E-state index contributed by atoms with van der Waals surface area (Å²) in [6.07, 6.45) is 0.959. The highest BCUT2D eigenvalue weighted by Crippen LogP contribution is 2.32. The van der Waals surface area contributed by atoms with Crippen LogP contribution in [0.1, 0.15) is 45.8 Å². The molecule has 1 heterocycles. The normalized spacial score (nSPS) is 12.7. The molecule has 1 atom stereocenters. The Kier molecular flexibility index (Phi) is 5.12. The predicted molar refractivity (Wildman–Crippen MR) is 85.0 cm³/mol. The fraction of sp³-hybridized carbons (Fsp3) is 0.412. The first-order valence-electron chi connectivity index (χ1n) is 7.19. The van der Waals surface area contributed by atoms with Gasteiger partial charge in [0, 0.05) is 21.4 Å². The second kappa shape index (κ2) is 6.67. The Balaban J connectivity index is 2.50. The Morgan fingerprint density at radius 2 is 1.76 bits per heavy atom. The van der Waals surface area contributed by atoms with Crippen molar-refractivity contribution in [2.45, 2.75) is 40.2 Å². The molecular formula is C17H21F2NS. The second-order valence-electron chi connectivity index (χ2n) is 5.38. The minimum absolute atomic E-state index is 0.228. The van der Waals surface area contributed by atoms with Crippen molar-refractivity contribution >= 4 is 11.3 Å². The maximum Gasteiger partial charge on any atom is 0.131 e. The highest BCUT2D eigenvalue weighted by molar-refractivity contribution is 7.12. The van der Waals surface area contributed by atoms with Gasteiger partial charge in [0.1, 0.15) is 11.6 Å². The Morgan fingerprint density at radius 3 is 2.33 bits per heavy atom. The van der Waals surface area contributed by atoms with Gasteiger partial charge in [0.25, 0.3) is 0 Å². The molecule has 0 saturated carbocycles. The number of hydrogen-bond donors (Lipinski definition) is 1. The van der Waals surface area contributed by atoms with E-state index in [2.05, 4.69) is 18.3 Å². The van der Waals surface area contributed by atoms with E-state index in [0.29, 0.717) is 11.1 Å². The molecule has 1 N–H and O–H groups in total. The minimum Gasteiger partial charge on any atom is -0.306 e. The van der Waals surface area contributed by atoms with Gasteiger partial charge in [-0.1, -0.05) is 6.92 Å². The summed E-state index contributed by atoms with van der Waals surface area (Å²) in [5, 5.41) is 3.39. The van der Waals surface area contributed by atoms with Crippen LogP contribution in [-0.2, 0) is 0 Å². The number of benzene rings is 1. The molecule has 0 amide bonds. The van der Waals surface area contributed by atoms with Gasteiger partial charge in [-0.05, 0) is 57.0 Å². The van der Waals surface area contributed by atoms with E-state index in [-0.39, 0.29) is 6.04 Å². The third-order valence-electron chi connectivity index (χ3n) is 3.58. The molecule has 114 valence electrons. The van der Waals surface area contributed by atoms with Crippen LogP contribution in [0.25, 0.3) is 0 Å². The summed E-state index contributed by atoms with van der Waals surface area (Å²) in [5.41, 5.74) is 2.07. The smallest absolute Gasteiger partial charge is 0.131 e. The van der Waals surface area contributed by atoms with E-state index in [1.807, 2.05) is 13.8 Å². The Hall–Kier alpha value is -1.26. The molecule has 0 saturated heterocycles. The van der Waals surface area contributed by atoms with Gasteiger partial charge < -0.3 is 5.32 Å². The highest BCUT2D eigenvalue weighted by Gasteiger charge is 2.21. The zero-order valence-electron chi connectivity index (χ0n) is 12.9. The third-order valence-corrected chi connectivity index (χ3v) is 4.56. The summed E-state index contributed by atoms with van der Waals surface area (Å²) in [6.45, 7) is 8.62. The highest BCUT2D eigenvalue weighted by atomic mass is 32.1. The molecule has 4 heteroatoms. The average Bonchev–Trinajstić information content (AvgIpc) is 2.75.